The maximum atomic E-state index is 13.3. The number of anilines is 1. The molecule has 2 aromatic heterocycles. The van der Waals surface area contributed by atoms with E-state index in [9.17, 15) is 22.2 Å². The number of benzene rings is 2. The summed E-state index contributed by atoms with van der Waals surface area (Å²) in [6.07, 6.45) is -3.38. The number of pyridine rings is 1. The van der Waals surface area contributed by atoms with Gasteiger partial charge in [-0.15, -0.1) is 0 Å². The number of nitrogens with zero attached hydrogens (tertiary/aromatic N) is 3. The summed E-state index contributed by atoms with van der Waals surface area (Å²) < 4.78 is 54.3. The molecule has 6 nitrogen and oxygen atoms in total. The molecule has 0 saturated carbocycles. The molecule has 0 spiro atoms. The molecule has 1 atom stereocenters. The summed E-state index contributed by atoms with van der Waals surface area (Å²) in [6.45, 7) is 0. The Labute approximate surface area is 197 Å². The van der Waals surface area contributed by atoms with Gasteiger partial charge >= 0.3 is 11.9 Å². The van der Waals surface area contributed by atoms with Crippen LogP contribution in [-0.2, 0) is 17.2 Å². The second-order valence-corrected chi connectivity index (χ2v) is 9.20. The predicted octanol–water partition coefficient (Wildman–Crippen LogP) is 5.47. The smallest absolute Gasteiger partial charge is 0.305 e. The number of hydrogen-bond acceptors (Lipinski definition) is 4. The second kappa shape index (κ2) is 8.77. The van der Waals surface area contributed by atoms with Crippen LogP contribution in [0, 0.1) is 0 Å². The monoisotopic (exact) mass is 512 g/mol. The van der Waals surface area contributed by atoms with Gasteiger partial charge in [0.1, 0.15) is 11.4 Å². The van der Waals surface area contributed by atoms with Crippen LogP contribution in [-0.4, -0.2) is 26.2 Å². The average Bonchev–Trinajstić information content (AvgIpc) is 2.77. The number of aromatic amines is 1. The lowest BCUT2D eigenvalue weighted by atomic mass is 10.1. The third-order valence-corrected chi connectivity index (χ3v) is 6.62. The molecule has 4 rings (SSSR count). The highest BCUT2D eigenvalue weighted by molar-refractivity contribution is 7.86. The van der Waals surface area contributed by atoms with Crippen LogP contribution in [0.15, 0.2) is 64.4 Å². The summed E-state index contributed by atoms with van der Waals surface area (Å²) >= 11 is 11.8. The van der Waals surface area contributed by atoms with E-state index in [1.807, 2.05) is 0 Å². The lowest BCUT2D eigenvalue weighted by molar-refractivity contribution is -0.137. The van der Waals surface area contributed by atoms with E-state index < -0.39 is 33.4 Å². The molecule has 4 aromatic rings. The van der Waals surface area contributed by atoms with Crippen molar-refractivity contribution >= 4 is 50.8 Å². The van der Waals surface area contributed by atoms with Gasteiger partial charge in [-0.25, -0.2) is 9.00 Å². The highest BCUT2D eigenvalue weighted by Gasteiger charge is 2.34. The van der Waals surface area contributed by atoms with Crippen LogP contribution in [0.2, 0.25) is 10.0 Å². The van der Waals surface area contributed by atoms with E-state index in [-0.39, 0.29) is 27.0 Å². The van der Waals surface area contributed by atoms with Crippen molar-refractivity contribution in [3.05, 3.63) is 80.8 Å². The minimum atomic E-state index is -4.72. The van der Waals surface area contributed by atoms with Crippen LogP contribution in [0.4, 0.5) is 18.9 Å². The van der Waals surface area contributed by atoms with Crippen LogP contribution in [0.1, 0.15) is 5.56 Å². The molecule has 33 heavy (non-hydrogen) atoms. The summed E-state index contributed by atoms with van der Waals surface area (Å²) in [7, 11) is -0.695. The number of rotatable bonds is 4. The number of H-pyrrole nitrogens is 1. The molecule has 1 unspecified atom stereocenters. The third-order valence-electron chi connectivity index (χ3n) is 4.73. The number of halogens is 5. The molecular formula is C21H13Cl2F3N4O2S. The maximum Gasteiger partial charge on any atom is 0.417 e. The van der Waals surface area contributed by atoms with Crippen molar-refractivity contribution in [1.29, 1.82) is 0 Å². The first kappa shape index (κ1) is 23.2. The molecule has 0 amide bonds. The van der Waals surface area contributed by atoms with Crippen LogP contribution < -0.4 is 9.99 Å². The van der Waals surface area contributed by atoms with E-state index in [0.29, 0.717) is 10.9 Å². The van der Waals surface area contributed by atoms with E-state index in [4.69, 9.17) is 23.2 Å². The molecule has 2 heterocycles. The Morgan fingerprint density at radius 1 is 1.06 bits per heavy atom. The molecule has 0 aliphatic rings. The van der Waals surface area contributed by atoms with Gasteiger partial charge in [-0.2, -0.15) is 18.2 Å². The van der Waals surface area contributed by atoms with Crippen molar-refractivity contribution in [2.75, 3.05) is 11.4 Å². The van der Waals surface area contributed by atoms with Gasteiger partial charge in [0.2, 0.25) is 0 Å². The third kappa shape index (κ3) is 4.59. The Hall–Kier alpha value is -2.95. The van der Waals surface area contributed by atoms with Crippen molar-refractivity contribution in [2.45, 2.75) is 11.1 Å². The quantitative estimate of drug-likeness (QED) is 0.393. The Kier molecular flexibility index (Phi) is 6.17. The van der Waals surface area contributed by atoms with Gasteiger partial charge in [-0.1, -0.05) is 41.4 Å². The highest BCUT2D eigenvalue weighted by atomic mass is 35.5. The first-order chi connectivity index (χ1) is 15.6. The van der Waals surface area contributed by atoms with Gasteiger partial charge < -0.3 is 4.98 Å². The van der Waals surface area contributed by atoms with Gasteiger partial charge in [0.05, 0.1) is 31.7 Å². The van der Waals surface area contributed by atoms with Crippen molar-refractivity contribution in [3.8, 4) is 11.4 Å². The van der Waals surface area contributed by atoms with Gasteiger partial charge in [0.15, 0.2) is 11.0 Å². The Bertz CT molecular complexity index is 1460. The zero-order chi connectivity index (χ0) is 23.9. The number of aromatic nitrogens is 3. The van der Waals surface area contributed by atoms with E-state index in [1.165, 1.54) is 29.7 Å². The average molecular weight is 513 g/mol. The zero-order valence-corrected chi connectivity index (χ0v) is 19.0. The first-order valence-corrected chi connectivity index (χ1v) is 11.1. The molecular weight excluding hydrogens is 500 g/mol. The summed E-state index contributed by atoms with van der Waals surface area (Å²) in [5.74, 6) is 0. The van der Waals surface area contributed by atoms with Gasteiger partial charge in [0, 0.05) is 18.6 Å². The lowest BCUT2D eigenvalue weighted by Crippen LogP contribution is -2.22. The molecule has 0 saturated heterocycles. The van der Waals surface area contributed by atoms with Crippen LogP contribution in [0.3, 0.4) is 0 Å². The summed E-state index contributed by atoms with van der Waals surface area (Å²) in [4.78, 5) is 22.9. The number of alkyl halides is 3. The fraction of sp³-hybridized carbons (Fsp3) is 0.0952. The standard InChI is InChI=1S/C21H13Cl2F3N4O2S/c1-30(33(32)12-6-7-15(23)14(9-12)21(24,25)26)17-8-11(22)10-27-19(17)18-13-4-2-3-5-16(13)28-20(31)29-18/h2-10H,1H3,(H,28,29,31). The maximum absolute atomic E-state index is 13.3. The normalized spacial score (nSPS) is 12.7. The zero-order valence-electron chi connectivity index (χ0n) is 16.7. The first-order valence-electron chi connectivity index (χ1n) is 9.23. The number of fused-ring (bicyclic) bond motifs is 1. The Morgan fingerprint density at radius 3 is 2.52 bits per heavy atom. The molecule has 0 aliphatic heterocycles. The van der Waals surface area contributed by atoms with Crippen LogP contribution in [0.5, 0.6) is 0 Å². The van der Waals surface area contributed by atoms with Crippen molar-refractivity contribution in [3.63, 3.8) is 0 Å². The van der Waals surface area contributed by atoms with E-state index >= 15 is 0 Å². The largest absolute Gasteiger partial charge is 0.417 e. The van der Waals surface area contributed by atoms with E-state index in [1.54, 1.807) is 24.3 Å². The highest BCUT2D eigenvalue weighted by Crippen LogP contribution is 2.37. The minimum Gasteiger partial charge on any atom is -0.305 e. The molecule has 170 valence electrons. The van der Waals surface area contributed by atoms with Crippen LogP contribution in [0.25, 0.3) is 22.3 Å². The fourth-order valence-electron chi connectivity index (χ4n) is 3.21. The van der Waals surface area contributed by atoms with Crippen LogP contribution >= 0.6 is 23.2 Å². The summed E-state index contributed by atoms with van der Waals surface area (Å²) in [5, 5.41) is 0.257. The van der Waals surface area contributed by atoms with E-state index in [0.717, 1.165) is 12.1 Å². The number of para-hydroxylation sites is 1. The lowest BCUT2D eigenvalue weighted by Gasteiger charge is -2.22. The van der Waals surface area contributed by atoms with Crippen molar-refractivity contribution in [1.82, 2.24) is 15.0 Å². The Balaban J connectivity index is 1.86. The van der Waals surface area contributed by atoms with Gasteiger partial charge in [-0.05, 0) is 30.3 Å². The molecule has 2 aromatic carbocycles. The second-order valence-electron chi connectivity index (χ2n) is 6.84. The SMILES string of the molecule is CN(c1cc(Cl)cnc1-c1nc(=O)[nH]c2ccccc12)S(=O)c1ccc(Cl)c(C(F)(F)F)c1. The minimum absolute atomic E-state index is 0.135. The molecule has 1 N–H and O–H groups in total. The van der Waals surface area contributed by atoms with Crippen molar-refractivity contribution in [2.24, 2.45) is 0 Å². The molecule has 0 radical (unpaired) electrons. The fourth-order valence-corrected chi connectivity index (χ4v) is 4.63. The number of hydrogen-bond donors (Lipinski definition) is 1. The summed E-state index contributed by atoms with van der Waals surface area (Å²) in [5.41, 5.74) is -0.628. The topological polar surface area (TPSA) is 79.0 Å². The molecule has 0 bridgehead atoms. The van der Waals surface area contributed by atoms with E-state index in [2.05, 4.69) is 15.0 Å². The Morgan fingerprint density at radius 2 is 1.79 bits per heavy atom. The predicted molar refractivity (Wildman–Crippen MR) is 122 cm³/mol. The van der Waals surface area contributed by atoms with Gasteiger partial charge in [-0.3, -0.25) is 9.29 Å². The molecule has 0 fully saturated rings. The van der Waals surface area contributed by atoms with Crippen molar-refractivity contribution < 1.29 is 17.4 Å². The molecule has 0 aliphatic carbocycles. The molecule has 12 heteroatoms. The van der Waals surface area contributed by atoms with Gasteiger partial charge in [0.25, 0.3) is 0 Å². The summed E-state index contributed by atoms with van der Waals surface area (Å²) in [6, 6.07) is 11.3. The number of nitrogens with one attached hydrogen (secondary N) is 1.